The second-order valence-corrected chi connectivity index (χ2v) is 3.24. The van der Waals surface area contributed by atoms with Crippen LogP contribution in [0.4, 0.5) is 0 Å². The Labute approximate surface area is 82.3 Å². The van der Waals surface area contributed by atoms with Crippen molar-refractivity contribution in [1.29, 1.82) is 0 Å². The number of rotatable bonds is 3. The highest BCUT2D eigenvalue weighted by atomic mass is 35.5. The maximum atomic E-state index is 9.21. The van der Waals surface area contributed by atoms with Gasteiger partial charge in [0, 0.05) is 18.2 Å². The topological polar surface area (TPSA) is 42.4 Å². The van der Waals surface area contributed by atoms with E-state index in [1.165, 1.54) is 7.11 Å². The first-order chi connectivity index (χ1) is 6.15. The van der Waals surface area contributed by atoms with Gasteiger partial charge >= 0.3 is 0 Å². The van der Waals surface area contributed by atoms with Crippen LogP contribution < -0.4 is 4.74 Å². The van der Waals surface area contributed by atoms with Crippen molar-refractivity contribution in [3.05, 3.63) is 22.8 Å². The van der Waals surface area contributed by atoms with Crippen LogP contribution in [0.3, 0.4) is 0 Å². The fourth-order valence-electron chi connectivity index (χ4n) is 1.11. The number of halogens is 1. The highest BCUT2D eigenvalue weighted by Gasteiger charge is 2.10. The second kappa shape index (κ2) is 4.44. The van der Waals surface area contributed by atoms with Crippen molar-refractivity contribution >= 4 is 11.6 Å². The summed E-state index contributed by atoms with van der Waals surface area (Å²) in [5, 5.41) is 9.78. The van der Waals surface area contributed by atoms with Crippen LogP contribution in [0.15, 0.2) is 12.3 Å². The summed E-state index contributed by atoms with van der Waals surface area (Å²) in [5.74, 6) is 0.480. The summed E-state index contributed by atoms with van der Waals surface area (Å²) < 4.78 is 5.02. The minimum absolute atomic E-state index is 0.449. The van der Waals surface area contributed by atoms with E-state index in [4.69, 9.17) is 16.3 Å². The van der Waals surface area contributed by atoms with Crippen LogP contribution in [0.2, 0.25) is 5.02 Å². The van der Waals surface area contributed by atoms with E-state index in [9.17, 15) is 5.11 Å². The number of hydrogen-bond acceptors (Lipinski definition) is 3. The van der Waals surface area contributed by atoms with E-state index in [2.05, 4.69) is 4.98 Å². The van der Waals surface area contributed by atoms with E-state index in [0.29, 0.717) is 17.3 Å². The number of ether oxygens (including phenoxy) is 1. The lowest BCUT2D eigenvalue weighted by molar-refractivity contribution is 0.194. The summed E-state index contributed by atoms with van der Waals surface area (Å²) >= 11 is 5.92. The van der Waals surface area contributed by atoms with Crippen LogP contribution in [-0.4, -0.2) is 23.3 Å². The van der Waals surface area contributed by atoms with Gasteiger partial charge in [-0.25, -0.2) is 4.98 Å². The number of methoxy groups -OCH3 is 1. The molecule has 3 nitrogen and oxygen atoms in total. The Kier molecular flexibility index (Phi) is 3.51. The molecule has 0 aliphatic rings. The zero-order chi connectivity index (χ0) is 9.84. The number of nitrogens with zero attached hydrogens (tertiary/aromatic N) is 1. The molecule has 1 aromatic rings. The summed E-state index contributed by atoms with van der Waals surface area (Å²) in [6.45, 7) is 1.70. The zero-order valence-electron chi connectivity index (χ0n) is 7.62. The van der Waals surface area contributed by atoms with Gasteiger partial charge in [-0.3, -0.25) is 0 Å². The largest absolute Gasteiger partial charge is 0.481 e. The summed E-state index contributed by atoms with van der Waals surface area (Å²) in [7, 11) is 1.53. The fraction of sp³-hybridized carbons (Fsp3) is 0.444. The van der Waals surface area contributed by atoms with Crippen molar-refractivity contribution in [1.82, 2.24) is 4.98 Å². The lowest BCUT2D eigenvalue weighted by Crippen LogP contribution is -2.07. The van der Waals surface area contributed by atoms with E-state index < -0.39 is 6.10 Å². The molecule has 0 fully saturated rings. The Morgan fingerprint density at radius 1 is 1.69 bits per heavy atom. The maximum Gasteiger partial charge on any atom is 0.217 e. The molecule has 0 aromatic carbocycles. The summed E-state index contributed by atoms with van der Waals surface area (Å²) in [5.41, 5.74) is 0.752. The van der Waals surface area contributed by atoms with Gasteiger partial charge in [-0.1, -0.05) is 11.6 Å². The van der Waals surface area contributed by atoms with E-state index in [1.54, 1.807) is 19.2 Å². The predicted octanol–water partition coefficient (Wildman–Crippen LogP) is 1.67. The van der Waals surface area contributed by atoms with Crippen molar-refractivity contribution in [2.45, 2.75) is 19.4 Å². The number of hydrogen-bond donors (Lipinski definition) is 1. The van der Waals surface area contributed by atoms with Gasteiger partial charge in [-0.2, -0.15) is 0 Å². The summed E-state index contributed by atoms with van der Waals surface area (Å²) in [4.78, 5) is 3.99. The second-order valence-electron chi connectivity index (χ2n) is 2.83. The molecule has 1 aromatic heterocycles. The van der Waals surface area contributed by atoms with Crippen LogP contribution >= 0.6 is 11.6 Å². The summed E-state index contributed by atoms with van der Waals surface area (Å²) in [6, 6.07) is 1.68. The van der Waals surface area contributed by atoms with Gasteiger partial charge in [0.15, 0.2) is 0 Å². The third-order valence-corrected chi connectivity index (χ3v) is 2.01. The molecule has 0 spiro atoms. The Balaban J connectivity index is 3.00. The van der Waals surface area contributed by atoms with Crippen LogP contribution in [0.5, 0.6) is 5.88 Å². The number of pyridine rings is 1. The van der Waals surface area contributed by atoms with Gasteiger partial charge in [0.1, 0.15) is 0 Å². The average Bonchev–Trinajstić information content (AvgIpc) is 2.08. The molecule has 13 heavy (non-hydrogen) atoms. The Morgan fingerprint density at radius 3 is 2.92 bits per heavy atom. The predicted molar refractivity (Wildman–Crippen MR) is 51.2 cm³/mol. The molecular weight excluding hydrogens is 190 g/mol. The van der Waals surface area contributed by atoms with Crippen molar-refractivity contribution < 1.29 is 9.84 Å². The Hall–Kier alpha value is -0.800. The van der Waals surface area contributed by atoms with Crippen molar-refractivity contribution in [2.24, 2.45) is 0 Å². The molecule has 0 saturated carbocycles. The zero-order valence-corrected chi connectivity index (χ0v) is 8.38. The number of aliphatic hydroxyl groups is 1. The molecule has 1 rings (SSSR count). The Morgan fingerprint density at radius 2 is 2.38 bits per heavy atom. The first-order valence-electron chi connectivity index (χ1n) is 4.00. The number of aliphatic hydroxyl groups excluding tert-OH is 1. The molecule has 1 N–H and O–H groups in total. The van der Waals surface area contributed by atoms with Gasteiger partial charge in [0.25, 0.3) is 0 Å². The molecule has 0 saturated heterocycles. The van der Waals surface area contributed by atoms with Crippen LogP contribution in [0, 0.1) is 0 Å². The lowest BCUT2D eigenvalue weighted by atomic mass is 10.1. The average molecular weight is 202 g/mol. The van der Waals surface area contributed by atoms with Gasteiger partial charge in [0.05, 0.1) is 18.2 Å². The van der Waals surface area contributed by atoms with Crippen molar-refractivity contribution in [3.8, 4) is 5.88 Å². The minimum Gasteiger partial charge on any atom is -0.481 e. The molecule has 0 amide bonds. The SMILES string of the molecule is COc1nccc(Cl)c1CC(C)O. The molecule has 1 heterocycles. The highest BCUT2D eigenvalue weighted by molar-refractivity contribution is 6.31. The normalized spacial score (nSPS) is 12.6. The molecule has 1 atom stereocenters. The minimum atomic E-state index is -0.449. The van der Waals surface area contributed by atoms with Gasteiger partial charge < -0.3 is 9.84 Å². The molecule has 0 aliphatic heterocycles. The van der Waals surface area contributed by atoms with Crippen molar-refractivity contribution in [3.63, 3.8) is 0 Å². The number of aromatic nitrogens is 1. The van der Waals surface area contributed by atoms with Crippen LogP contribution in [-0.2, 0) is 6.42 Å². The monoisotopic (exact) mass is 201 g/mol. The highest BCUT2D eigenvalue weighted by Crippen LogP contribution is 2.24. The molecule has 0 aliphatic carbocycles. The standard InChI is InChI=1S/C9H12ClNO2/c1-6(12)5-7-8(10)3-4-11-9(7)13-2/h3-4,6,12H,5H2,1-2H3. The van der Waals surface area contributed by atoms with E-state index in [0.717, 1.165) is 5.56 Å². The molecule has 72 valence electrons. The first-order valence-corrected chi connectivity index (χ1v) is 4.38. The van der Waals surface area contributed by atoms with E-state index >= 15 is 0 Å². The molecule has 0 radical (unpaired) electrons. The third kappa shape index (κ3) is 2.57. The van der Waals surface area contributed by atoms with Crippen molar-refractivity contribution in [2.75, 3.05) is 7.11 Å². The molecule has 4 heteroatoms. The molecule has 0 bridgehead atoms. The van der Waals surface area contributed by atoms with Gasteiger partial charge in [0.2, 0.25) is 5.88 Å². The molecular formula is C9H12ClNO2. The van der Waals surface area contributed by atoms with Crippen LogP contribution in [0.1, 0.15) is 12.5 Å². The molecule has 1 unspecified atom stereocenters. The smallest absolute Gasteiger partial charge is 0.217 e. The van der Waals surface area contributed by atoms with E-state index in [-0.39, 0.29) is 0 Å². The third-order valence-electron chi connectivity index (χ3n) is 1.65. The first kappa shape index (κ1) is 10.3. The van der Waals surface area contributed by atoms with Gasteiger partial charge in [-0.15, -0.1) is 0 Å². The fourth-order valence-corrected chi connectivity index (χ4v) is 1.32. The summed E-state index contributed by atoms with van der Waals surface area (Å²) in [6.07, 6.45) is 1.58. The van der Waals surface area contributed by atoms with E-state index in [1.807, 2.05) is 0 Å². The maximum absolute atomic E-state index is 9.21. The quantitative estimate of drug-likeness (QED) is 0.809. The lowest BCUT2D eigenvalue weighted by Gasteiger charge is -2.10. The van der Waals surface area contributed by atoms with Crippen LogP contribution in [0.25, 0.3) is 0 Å². The Bertz CT molecular complexity index is 289. The van der Waals surface area contributed by atoms with Gasteiger partial charge in [-0.05, 0) is 13.0 Å².